The Bertz CT molecular complexity index is 501. The summed E-state index contributed by atoms with van der Waals surface area (Å²) < 4.78 is 5.68. The maximum Gasteiger partial charge on any atom is 0.220 e. The third kappa shape index (κ3) is 4.73. The predicted molar refractivity (Wildman–Crippen MR) is 87.0 cm³/mol. The molecule has 0 aromatic heterocycles. The van der Waals surface area contributed by atoms with E-state index in [2.05, 4.69) is 19.2 Å². The minimum absolute atomic E-state index is 0.0639. The summed E-state index contributed by atoms with van der Waals surface area (Å²) in [7, 11) is 0. The Labute approximate surface area is 132 Å². The van der Waals surface area contributed by atoms with Crippen molar-refractivity contribution >= 4 is 5.91 Å². The second kappa shape index (κ2) is 8.18. The van der Waals surface area contributed by atoms with E-state index in [4.69, 9.17) is 4.74 Å². The summed E-state index contributed by atoms with van der Waals surface area (Å²) in [6.07, 6.45) is 4.26. The maximum atomic E-state index is 11.9. The van der Waals surface area contributed by atoms with Crippen LogP contribution in [0.2, 0.25) is 0 Å². The molecule has 1 aliphatic carbocycles. The molecule has 1 aromatic carbocycles. The van der Waals surface area contributed by atoms with Gasteiger partial charge < -0.3 is 15.2 Å². The number of hydrogen-bond acceptors (Lipinski definition) is 3. The largest absolute Gasteiger partial charge is 0.494 e. The van der Waals surface area contributed by atoms with Crippen molar-refractivity contribution in [2.45, 2.75) is 52.0 Å². The highest BCUT2D eigenvalue weighted by molar-refractivity contribution is 5.76. The molecule has 1 fully saturated rings. The van der Waals surface area contributed by atoms with E-state index >= 15 is 0 Å². The smallest absolute Gasteiger partial charge is 0.220 e. The Hall–Kier alpha value is -1.55. The predicted octanol–water partition coefficient (Wildman–Crippen LogP) is 2.74. The van der Waals surface area contributed by atoms with Crippen LogP contribution in [0.5, 0.6) is 5.75 Å². The van der Waals surface area contributed by atoms with Crippen LogP contribution in [0.15, 0.2) is 18.2 Å². The summed E-state index contributed by atoms with van der Waals surface area (Å²) >= 11 is 0. The van der Waals surface area contributed by atoms with Crippen LogP contribution in [0.25, 0.3) is 0 Å². The summed E-state index contributed by atoms with van der Waals surface area (Å²) in [6, 6.07) is 6.19. The maximum absolute atomic E-state index is 11.9. The van der Waals surface area contributed by atoms with Crippen molar-refractivity contribution in [2.75, 3.05) is 13.2 Å². The molecule has 4 heteroatoms. The molecule has 1 amide bonds. The summed E-state index contributed by atoms with van der Waals surface area (Å²) in [5.74, 6) is 1.16. The zero-order valence-corrected chi connectivity index (χ0v) is 13.6. The molecule has 0 bridgehead atoms. The summed E-state index contributed by atoms with van der Waals surface area (Å²) in [5.41, 5.74) is 2.47. The van der Waals surface area contributed by atoms with Crippen molar-refractivity contribution in [3.8, 4) is 5.75 Å². The van der Waals surface area contributed by atoms with Gasteiger partial charge in [-0.1, -0.05) is 12.5 Å². The van der Waals surface area contributed by atoms with Gasteiger partial charge in [-0.2, -0.15) is 0 Å². The van der Waals surface area contributed by atoms with E-state index in [1.54, 1.807) is 0 Å². The highest BCUT2D eigenvalue weighted by atomic mass is 16.5. The van der Waals surface area contributed by atoms with Crippen LogP contribution < -0.4 is 10.1 Å². The van der Waals surface area contributed by atoms with Crippen LogP contribution in [-0.2, 0) is 4.79 Å². The Kier molecular flexibility index (Phi) is 6.25. The molecule has 2 atom stereocenters. The number of aliphatic hydroxyl groups is 1. The number of benzene rings is 1. The molecule has 0 aliphatic heterocycles. The van der Waals surface area contributed by atoms with Crippen molar-refractivity contribution in [1.82, 2.24) is 5.32 Å². The van der Waals surface area contributed by atoms with Crippen LogP contribution in [0.3, 0.4) is 0 Å². The highest BCUT2D eigenvalue weighted by Crippen LogP contribution is 2.25. The lowest BCUT2D eigenvalue weighted by Gasteiger charge is -2.19. The molecule has 1 saturated carbocycles. The fraction of sp³-hybridized carbons (Fsp3) is 0.611. The average molecular weight is 305 g/mol. The molecule has 2 rings (SSSR count). The Morgan fingerprint density at radius 1 is 1.32 bits per heavy atom. The minimum Gasteiger partial charge on any atom is -0.494 e. The van der Waals surface area contributed by atoms with Gasteiger partial charge in [-0.05, 0) is 56.4 Å². The van der Waals surface area contributed by atoms with Gasteiger partial charge in [-0.25, -0.2) is 0 Å². The molecule has 122 valence electrons. The van der Waals surface area contributed by atoms with Gasteiger partial charge in [0.15, 0.2) is 0 Å². The highest BCUT2D eigenvalue weighted by Gasteiger charge is 2.27. The van der Waals surface area contributed by atoms with Gasteiger partial charge in [0.2, 0.25) is 5.91 Å². The molecule has 0 saturated heterocycles. The molecule has 2 N–H and O–H groups in total. The van der Waals surface area contributed by atoms with E-state index < -0.39 is 0 Å². The van der Waals surface area contributed by atoms with Gasteiger partial charge in [0, 0.05) is 25.0 Å². The van der Waals surface area contributed by atoms with Gasteiger partial charge in [0.1, 0.15) is 5.75 Å². The van der Waals surface area contributed by atoms with Gasteiger partial charge in [0.05, 0.1) is 6.61 Å². The molecule has 1 aromatic rings. The molecule has 0 unspecified atom stereocenters. The summed E-state index contributed by atoms with van der Waals surface area (Å²) in [5, 5.41) is 12.3. The van der Waals surface area contributed by atoms with E-state index in [0.717, 1.165) is 25.0 Å². The van der Waals surface area contributed by atoms with Crippen molar-refractivity contribution in [3.63, 3.8) is 0 Å². The SMILES string of the molecule is Cc1ccc(OCCCC(=O)N[C@H]2CCC[C@H]2CO)cc1C. The first kappa shape index (κ1) is 16.8. The molecule has 22 heavy (non-hydrogen) atoms. The first-order valence-corrected chi connectivity index (χ1v) is 8.20. The molecule has 0 heterocycles. The van der Waals surface area contributed by atoms with Crippen molar-refractivity contribution in [1.29, 1.82) is 0 Å². The number of carbonyl (C=O) groups is 1. The third-order valence-corrected chi connectivity index (χ3v) is 4.54. The Balaban J connectivity index is 1.65. The van der Waals surface area contributed by atoms with Gasteiger partial charge in [0.25, 0.3) is 0 Å². The van der Waals surface area contributed by atoms with Gasteiger partial charge in [-0.3, -0.25) is 4.79 Å². The van der Waals surface area contributed by atoms with E-state index in [-0.39, 0.29) is 24.5 Å². The van der Waals surface area contributed by atoms with Crippen LogP contribution >= 0.6 is 0 Å². The number of carbonyl (C=O) groups excluding carboxylic acids is 1. The number of nitrogens with one attached hydrogen (secondary N) is 1. The van der Waals surface area contributed by atoms with Crippen molar-refractivity contribution < 1.29 is 14.6 Å². The molecule has 1 aliphatic rings. The molecule has 0 spiro atoms. The number of amides is 1. The molecule has 4 nitrogen and oxygen atoms in total. The van der Waals surface area contributed by atoms with Crippen LogP contribution in [0.1, 0.15) is 43.2 Å². The van der Waals surface area contributed by atoms with Crippen molar-refractivity contribution in [3.05, 3.63) is 29.3 Å². The van der Waals surface area contributed by atoms with E-state index in [1.165, 1.54) is 11.1 Å². The Morgan fingerprint density at radius 2 is 2.14 bits per heavy atom. The topological polar surface area (TPSA) is 58.6 Å². The molecular formula is C18H27NO3. The second-order valence-corrected chi connectivity index (χ2v) is 6.25. The van der Waals surface area contributed by atoms with Crippen molar-refractivity contribution in [2.24, 2.45) is 5.92 Å². The summed E-state index contributed by atoms with van der Waals surface area (Å²) in [4.78, 5) is 11.9. The quantitative estimate of drug-likeness (QED) is 0.762. The first-order valence-electron chi connectivity index (χ1n) is 8.20. The molecule has 0 radical (unpaired) electrons. The van der Waals surface area contributed by atoms with Crippen LogP contribution in [0, 0.1) is 19.8 Å². The third-order valence-electron chi connectivity index (χ3n) is 4.54. The first-order chi connectivity index (χ1) is 10.6. The lowest BCUT2D eigenvalue weighted by molar-refractivity contribution is -0.122. The monoisotopic (exact) mass is 305 g/mol. The molecular weight excluding hydrogens is 278 g/mol. The summed E-state index contributed by atoms with van der Waals surface area (Å²) in [6.45, 7) is 4.85. The fourth-order valence-electron chi connectivity index (χ4n) is 2.95. The Morgan fingerprint density at radius 3 is 2.86 bits per heavy atom. The zero-order valence-electron chi connectivity index (χ0n) is 13.6. The second-order valence-electron chi connectivity index (χ2n) is 6.25. The normalized spacial score (nSPS) is 20.9. The van der Waals surface area contributed by atoms with E-state index in [9.17, 15) is 9.90 Å². The minimum atomic E-state index is 0.0639. The zero-order chi connectivity index (χ0) is 15.9. The van der Waals surface area contributed by atoms with E-state index in [1.807, 2.05) is 18.2 Å². The lowest BCUT2D eigenvalue weighted by atomic mass is 10.0. The van der Waals surface area contributed by atoms with E-state index in [0.29, 0.717) is 19.4 Å². The fourth-order valence-corrected chi connectivity index (χ4v) is 2.95. The average Bonchev–Trinajstić information content (AvgIpc) is 2.94. The standard InChI is InChI=1S/C18H27NO3/c1-13-8-9-16(11-14(13)2)22-10-4-7-18(21)19-17-6-3-5-15(17)12-20/h8-9,11,15,17,20H,3-7,10,12H2,1-2H3,(H,19,21)/t15-,17-/m0/s1. The number of rotatable bonds is 7. The van der Waals surface area contributed by atoms with Gasteiger partial charge in [-0.15, -0.1) is 0 Å². The van der Waals surface area contributed by atoms with Crippen LogP contribution in [-0.4, -0.2) is 30.3 Å². The number of ether oxygens (including phenoxy) is 1. The van der Waals surface area contributed by atoms with Crippen LogP contribution in [0.4, 0.5) is 0 Å². The number of aryl methyl sites for hydroxylation is 2. The van der Waals surface area contributed by atoms with Gasteiger partial charge >= 0.3 is 0 Å². The number of aliphatic hydroxyl groups excluding tert-OH is 1. The number of hydrogen-bond donors (Lipinski definition) is 2. The lowest BCUT2D eigenvalue weighted by Crippen LogP contribution is -2.38.